The molecule has 2 heteroatoms. The molecule has 114 valence electrons. The minimum absolute atomic E-state index is 0.0501. The third-order valence-electron chi connectivity index (χ3n) is 3.45. The van der Waals surface area contributed by atoms with E-state index in [4.69, 9.17) is 0 Å². The highest BCUT2D eigenvalue weighted by Gasteiger charge is 2.14. The summed E-state index contributed by atoms with van der Waals surface area (Å²) >= 11 is 0. The molecule has 0 aliphatic heterocycles. The molecular weight excluding hydrogens is 270 g/mol. The van der Waals surface area contributed by atoms with Gasteiger partial charge in [-0.15, -0.1) is 0 Å². The van der Waals surface area contributed by atoms with Gasteiger partial charge in [0.05, 0.1) is 6.04 Å². The van der Waals surface area contributed by atoms with Gasteiger partial charge in [0.2, 0.25) is 5.91 Å². The van der Waals surface area contributed by atoms with Crippen molar-refractivity contribution in [3.63, 3.8) is 0 Å². The van der Waals surface area contributed by atoms with Gasteiger partial charge in [-0.3, -0.25) is 4.79 Å². The Labute approximate surface area is 132 Å². The average Bonchev–Trinajstić information content (AvgIpc) is 2.54. The van der Waals surface area contributed by atoms with Gasteiger partial charge in [0, 0.05) is 6.08 Å². The summed E-state index contributed by atoms with van der Waals surface area (Å²) in [6, 6.07) is 20.0. The van der Waals surface area contributed by atoms with Crippen LogP contribution in [0.15, 0.2) is 66.7 Å². The summed E-state index contributed by atoms with van der Waals surface area (Å²) in [6.07, 6.45) is 4.37. The van der Waals surface area contributed by atoms with E-state index in [0.29, 0.717) is 5.92 Å². The molecule has 1 N–H and O–H groups in total. The highest BCUT2D eigenvalue weighted by molar-refractivity contribution is 5.91. The van der Waals surface area contributed by atoms with Gasteiger partial charge in [-0.1, -0.05) is 74.5 Å². The van der Waals surface area contributed by atoms with Crippen LogP contribution in [0.25, 0.3) is 6.08 Å². The number of hydrogen-bond acceptors (Lipinski definition) is 1. The normalized spacial score (nSPS) is 12.5. The van der Waals surface area contributed by atoms with E-state index in [0.717, 1.165) is 17.5 Å². The Kier molecular flexibility index (Phi) is 5.96. The maximum atomic E-state index is 12.2. The van der Waals surface area contributed by atoms with E-state index in [1.807, 2.05) is 54.6 Å². The van der Waals surface area contributed by atoms with Crippen LogP contribution in [0.2, 0.25) is 0 Å². The third kappa shape index (κ3) is 5.21. The molecule has 0 fully saturated rings. The van der Waals surface area contributed by atoms with Crippen molar-refractivity contribution in [3.05, 3.63) is 77.9 Å². The molecule has 0 saturated heterocycles. The van der Waals surface area contributed by atoms with Crippen LogP contribution in [0.5, 0.6) is 0 Å². The zero-order valence-corrected chi connectivity index (χ0v) is 13.2. The van der Waals surface area contributed by atoms with Gasteiger partial charge in [0.15, 0.2) is 0 Å². The second kappa shape index (κ2) is 8.18. The first kappa shape index (κ1) is 16.0. The van der Waals surface area contributed by atoms with Gasteiger partial charge in [0.1, 0.15) is 0 Å². The van der Waals surface area contributed by atoms with Gasteiger partial charge in [-0.2, -0.15) is 0 Å². The van der Waals surface area contributed by atoms with Crippen LogP contribution in [-0.4, -0.2) is 5.91 Å². The van der Waals surface area contributed by atoms with Gasteiger partial charge in [0.25, 0.3) is 0 Å². The van der Waals surface area contributed by atoms with Crippen molar-refractivity contribution in [3.8, 4) is 0 Å². The summed E-state index contributed by atoms with van der Waals surface area (Å²) < 4.78 is 0. The lowest BCUT2D eigenvalue weighted by molar-refractivity contribution is -0.117. The van der Waals surface area contributed by atoms with Crippen LogP contribution in [-0.2, 0) is 4.79 Å². The van der Waals surface area contributed by atoms with E-state index in [1.165, 1.54) is 0 Å². The Hall–Kier alpha value is -2.35. The van der Waals surface area contributed by atoms with Crippen LogP contribution in [0.4, 0.5) is 0 Å². The first-order valence-electron chi connectivity index (χ1n) is 7.73. The van der Waals surface area contributed by atoms with Gasteiger partial charge in [-0.25, -0.2) is 0 Å². The van der Waals surface area contributed by atoms with Crippen LogP contribution in [0.3, 0.4) is 0 Å². The number of nitrogens with one attached hydrogen (secondary N) is 1. The fraction of sp³-hybridized carbons (Fsp3) is 0.250. The molecule has 2 nitrogen and oxygen atoms in total. The Balaban J connectivity index is 2.04. The Morgan fingerprint density at radius 3 is 2.18 bits per heavy atom. The van der Waals surface area contributed by atoms with E-state index in [2.05, 4.69) is 31.3 Å². The molecule has 0 aliphatic carbocycles. The second-order valence-corrected chi connectivity index (χ2v) is 5.85. The number of hydrogen-bond donors (Lipinski definition) is 1. The molecule has 1 amide bonds. The van der Waals surface area contributed by atoms with Gasteiger partial charge >= 0.3 is 0 Å². The number of amides is 1. The SMILES string of the molecule is CC(C)CC(NC(=O)/C=C/c1ccccc1)c1ccccc1. The fourth-order valence-electron chi connectivity index (χ4n) is 2.39. The molecule has 0 aliphatic rings. The lowest BCUT2D eigenvalue weighted by Crippen LogP contribution is -2.27. The maximum absolute atomic E-state index is 12.2. The molecule has 0 bridgehead atoms. The number of carbonyl (C=O) groups excluding carboxylic acids is 1. The highest BCUT2D eigenvalue weighted by atomic mass is 16.1. The van der Waals surface area contributed by atoms with Crippen molar-refractivity contribution in [2.75, 3.05) is 0 Å². The maximum Gasteiger partial charge on any atom is 0.244 e. The molecule has 2 aromatic carbocycles. The smallest absolute Gasteiger partial charge is 0.244 e. The van der Waals surface area contributed by atoms with Crippen LogP contribution in [0.1, 0.15) is 37.4 Å². The topological polar surface area (TPSA) is 29.1 Å². The molecule has 0 spiro atoms. The molecular formula is C20H23NO. The van der Waals surface area contributed by atoms with Crippen molar-refractivity contribution >= 4 is 12.0 Å². The van der Waals surface area contributed by atoms with E-state index in [1.54, 1.807) is 6.08 Å². The number of benzene rings is 2. The molecule has 2 rings (SSSR count). The minimum Gasteiger partial charge on any atom is -0.346 e. The summed E-state index contributed by atoms with van der Waals surface area (Å²) in [7, 11) is 0. The third-order valence-corrected chi connectivity index (χ3v) is 3.45. The zero-order chi connectivity index (χ0) is 15.8. The number of carbonyl (C=O) groups is 1. The number of rotatable bonds is 6. The van der Waals surface area contributed by atoms with Gasteiger partial charge in [-0.05, 0) is 29.5 Å². The molecule has 0 radical (unpaired) electrons. The summed E-state index contributed by atoms with van der Waals surface area (Å²) in [5.74, 6) is 0.460. The Morgan fingerprint density at radius 1 is 1.00 bits per heavy atom. The molecule has 1 atom stereocenters. The Morgan fingerprint density at radius 2 is 1.59 bits per heavy atom. The summed E-state index contributed by atoms with van der Waals surface area (Å²) in [6.45, 7) is 4.34. The molecule has 2 aromatic rings. The first-order chi connectivity index (χ1) is 10.6. The molecule has 0 aromatic heterocycles. The molecule has 22 heavy (non-hydrogen) atoms. The molecule has 1 unspecified atom stereocenters. The molecule has 0 heterocycles. The first-order valence-corrected chi connectivity index (χ1v) is 7.73. The van der Waals surface area contributed by atoms with E-state index in [-0.39, 0.29) is 11.9 Å². The summed E-state index contributed by atoms with van der Waals surface area (Å²) in [5, 5.41) is 3.11. The van der Waals surface area contributed by atoms with E-state index in [9.17, 15) is 4.79 Å². The standard InChI is InChI=1S/C20H23NO/c1-16(2)15-19(18-11-7-4-8-12-18)21-20(22)14-13-17-9-5-3-6-10-17/h3-14,16,19H,15H2,1-2H3,(H,21,22)/b14-13+. The van der Waals surface area contributed by atoms with Crippen molar-refractivity contribution in [2.45, 2.75) is 26.3 Å². The fourth-order valence-corrected chi connectivity index (χ4v) is 2.39. The van der Waals surface area contributed by atoms with Crippen LogP contribution >= 0.6 is 0 Å². The summed E-state index contributed by atoms with van der Waals surface area (Å²) in [4.78, 5) is 12.2. The Bertz CT molecular complexity index is 602. The lowest BCUT2D eigenvalue weighted by Gasteiger charge is -2.20. The predicted octanol–water partition coefficient (Wildman–Crippen LogP) is 4.60. The molecule has 0 saturated carbocycles. The van der Waals surface area contributed by atoms with E-state index >= 15 is 0 Å². The van der Waals surface area contributed by atoms with Crippen molar-refractivity contribution in [1.29, 1.82) is 0 Å². The van der Waals surface area contributed by atoms with Crippen LogP contribution in [0, 0.1) is 5.92 Å². The summed E-state index contributed by atoms with van der Waals surface area (Å²) in [5.41, 5.74) is 2.18. The minimum atomic E-state index is -0.0571. The second-order valence-electron chi connectivity index (χ2n) is 5.85. The zero-order valence-electron chi connectivity index (χ0n) is 13.2. The van der Waals surface area contributed by atoms with Crippen molar-refractivity contribution in [1.82, 2.24) is 5.32 Å². The van der Waals surface area contributed by atoms with Crippen LogP contribution < -0.4 is 5.32 Å². The van der Waals surface area contributed by atoms with Crippen molar-refractivity contribution < 1.29 is 4.79 Å². The van der Waals surface area contributed by atoms with Crippen molar-refractivity contribution in [2.24, 2.45) is 5.92 Å². The lowest BCUT2D eigenvalue weighted by atomic mass is 9.97. The van der Waals surface area contributed by atoms with E-state index < -0.39 is 0 Å². The largest absolute Gasteiger partial charge is 0.346 e. The quantitative estimate of drug-likeness (QED) is 0.775. The van der Waals surface area contributed by atoms with Gasteiger partial charge < -0.3 is 5.32 Å². The average molecular weight is 293 g/mol. The monoisotopic (exact) mass is 293 g/mol. The predicted molar refractivity (Wildman–Crippen MR) is 92.3 cm³/mol. The highest BCUT2D eigenvalue weighted by Crippen LogP contribution is 2.21.